The summed E-state index contributed by atoms with van der Waals surface area (Å²) in [6.45, 7) is 0.582. The molecule has 28 heavy (non-hydrogen) atoms. The molecule has 140 valence electrons. The summed E-state index contributed by atoms with van der Waals surface area (Å²) in [5.74, 6) is -0.0247. The molecule has 3 nitrogen and oxygen atoms in total. The number of likely N-dealkylation sites (N-methyl/N-ethyl adjacent to an activating group) is 1. The molecule has 0 radical (unpaired) electrons. The van der Waals surface area contributed by atoms with Crippen LogP contribution in [-0.2, 0) is 0 Å². The minimum Gasteiger partial charge on any atom is -0.346 e. The molecule has 0 aliphatic heterocycles. The molecule has 4 aromatic carbocycles. The molecule has 2 N–H and O–H groups in total. The SMILES string of the molecule is C[NH+](C)[C@@H](CNC(=O)c1cccc2ccccc12)c1cccc2ccccc12. The maximum Gasteiger partial charge on any atom is 0.252 e. The zero-order valence-corrected chi connectivity index (χ0v) is 16.3. The molecule has 0 saturated heterocycles. The van der Waals surface area contributed by atoms with Crippen molar-refractivity contribution in [2.75, 3.05) is 20.6 Å². The van der Waals surface area contributed by atoms with Crippen molar-refractivity contribution in [3.8, 4) is 0 Å². The van der Waals surface area contributed by atoms with E-state index in [1.165, 1.54) is 21.2 Å². The second-order valence-electron chi connectivity index (χ2n) is 7.44. The van der Waals surface area contributed by atoms with Gasteiger partial charge in [0.25, 0.3) is 5.91 Å². The summed E-state index contributed by atoms with van der Waals surface area (Å²) < 4.78 is 0. The fraction of sp³-hybridized carbons (Fsp3) is 0.160. The van der Waals surface area contributed by atoms with Crippen molar-refractivity contribution in [3.05, 3.63) is 96.1 Å². The van der Waals surface area contributed by atoms with E-state index < -0.39 is 0 Å². The Morgan fingerprint density at radius 2 is 1.36 bits per heavy atom. The summed E-state index contributed by atoms with van der Waals surface area (Å²) in [5.41, 5.74) is 1.99. The van der Waals surface area contributed by atoms with Gasteiger partial charge in [-0.15, -0.1) is 0 Å². The first-order valence-corrected chi connectivity index (χ1v) is 9.69. The lowest BCUT2D eigenvalue weighted by Crippen LogP contribution is -3.07. The Kier molecular flexibility index (Phi) is 5.09. The van der Waals surface area contributed by atoms with E-state index in [9.17, 15) is 4.79 Å². The fourth-order valence-corrected chi connectivity index (χ4v) is 3.89. The van der Waals surface area contributed by atoms with Gasteiger partial charge in [-0.1, -0.05) is 78.9 Å². The highest BCUT2D eigenvalue weighted by Crippen LogP contribution is 2.23. The number of fused-ring (bicyclic) bond motifs is 2. The van der Waals surface area contributed by atoms with Crippen molar-refractivity contribution in [1.82, 2.24) is 5.32 Å². The van der Waals surface area contributed by atoms with Crippen LogP contribution in [0.25, 0.3) is 21.5 Å². The van der Waals surface area contributed by atoms with Crippen molar-refractivity contribution >= 4 is 27.5 Å². The number of carbonyl (C=O) groups excluding carboxylic acids is 1. The van der Waals surface area contributed by atoms with Crippen LogP contribution in [0.2, 0.25) is 0 Å². The summed E-state index contributed by atoms with van der Waals surface area (Å²) in [5, 5.41) is 7.72. The van der Waals surface area contributed by atoms with Crippen molar-refractivity contribution in [3.63, 3.8) is 0 Å². The smallest absolute Gasteiger partial charge is 0.252 e. The van der Waals surface area contributed by atoms with E-state index in [-0.39, 0.29) is 11.9 Å². The Balaban J connectivity index is 1.62. The first kappa shape index (κ1) is 18.2. The molecular weight excluding hydrogens is 344 g/mol. The average Bonchev–Trinajstić information content (AvgIpc) is 2.73. The summed E-state index contributed by atoms with van der Waals surface area (Å²) in [6, 6.07) is 28.9. The highest BCUT2D eigenvalue weighted by atomic mass is 16.1. The maximum absolute atomic E-state index is 13.0. The molecule has 1 atom stereocenters. The van der Waals surface area contributed by atoms with Crippen LogP contribution in [0.4, 0.5) is 0 Å². The number of nitrogens with one attached hydrogen (secondary N) is 2. The first-order valence-electron chi connectivity index (χ1n) is 9.69. The number of rotatable bonds is 5. The third-order valence-corrected chi connectivity index (χ3v) is 5.40. The van der Waals surface area contributed by atoms with Crippen LogP contribution in [-0.4, -0.2) is 26.5 Å². The topological polar surface area (TPSA) is 33.5 Å². The number of hydrogen-bond donors (Lipinski definition) is 2. The maximum atomic E-state index is 13.0. The highest BCUT2D eigenvalue weighted by Gasteiger charge is 2.21. The lowest BCUT2D eigenvalue weighted by atomic mass is 9.97. The number of quaternary nitrogens is 1. The standard InChI is InChI=1S/C25H24N2O/c1-27(2)24(22-15-7-11-18-9-3-5-13-20(18)22)17-26-25(28)23-16-8-12-19-10-4-6-14-21(19)23/h3-16,24H,17H2,1-2H3,(H,26,28)/p+1/t24-/m0/s1. The van der Waals surface area contributed by atoms with Crippen molar-refractivity contribution < 1.29 is 9.69 Å². The Morgan fingerprint density at radius 3 is 2.07 bits per heavy atom. The predicted molar refractivity (Wildman–Crippen MR) is 116 cm³/mol. The molecule has 4 rings (SSSR count). The average molecular weight is 369 g/mol. The van der Waals surface area contributed by atoms with E-state index in [4.69, 9.17) is 0 Å². The highest BCUT2D eigenvalue weighted by molar-refractivity contribution is 6.07. The molecule has 3 heteroatoms. The Bertz CT molecular complexity index is 1120. The van der Waals surface area contributed by atoms with Gasteiger partial charge in [-0.3, -0.25) is 4.79 Å². The second-order valence-corrected chi connectivity index (χ2v) is 7.44. The van der Waals surface area contributed by atoms with Crippen molar-refractivity contribution in [2.45, 2.75) is 6.04 Å². The fourth-order valence-electron chi connectivity index (χ4n) is 3.89. The molecular formula is C25H25N2O+. The quantitative estimate of drug-likeness (QED) is 0.554. The molecule has 0 fully saturated rings. The Labute approximate surface area is 165 Å². The minimum absolute atomic E-state index is 0.0247. The molecule has 0 bridgehead atoms. The van der Waals surface area contributed by atoms with E-state index in [1.807, 2.05) is 42.5 Å². The van der Waals surface area contributed by atoms with Crippen LogP contribution in [0.5, 0.6) is 0 Å². The number of carbonyl (C=O) groups is 1. The lowest BCUT2D eigenvalue weighted by Gasteiger charge is -2.23. The van der Waals surface area contributed by atoms with E-state index in [0.717, 1.165) is 16.3 Å². The van der Waals surface area contributed by atoms with Crippen LogP contribution in [0.1, 0.15) is 22.0 Å². The molecule has 4 aromatic rings. The molecule has 0 aliphatic rings. The number of hydrogen-bond acceptors (Lipinski definition) is 1. The van der Waals surface area contributed by atoms with Gasteiger partial charge in [0.1, 0.15) is 6.04 Å². The summed E-state index contributed by atoms with van der Waals surface area (Å²) in [7, 11) is 4.27. The molecule has 1 amide bonds. The zero-order chi connectivity index (χ0) is 19.5. The van der Waals surface area contributed by atoms with Gasteiger partial charge in [0.05, 0.1) is 20.6 Å². The van der Waals surface area contributed by atoms with Gasteiger partial charge in [0, 0.05) is 11.1 Å². The monoisotopic (exact) mass is 369 g/mol. The Morgan fingerprint density at radius 1 is 0.786 bits per heavy atom. The molecule has 0 aromatic heterocycles. The van der Waals surface area contributed by atoms with Crippen molar-refractivity contribution in [1.29, 1.82) is 0 Å². The van der Waals surface area contributed by atoms with Crippen LogP contribution in [0.15, 0.2) is 84.9 Å². The van der Waals surface area contributed by atoms with E-state index in [0.29, 0.717) is 6.54 Å². The third kappa shape index (κ3) is 3.49. The van der Waals surface area contributed by atoms with Crippen LogP contribution < -0.4 is 10.2 Å². The van der Waals surface area contributed by atoms with Gasteiger partial charge < -0.3 is 10.2 Å². The molecule has 0 heterocycles. The summed E-state index contributed by atoms with van der Waals surface area (Å²) in [6.07, 6.45) is 0. The van der Waals surface area contributed by atoms with Crippen LogP contribution >= 0.6 is 0 Å². The zero-order valence-electron chi connectivity index (χ0n) is 16.3. The molecule has 0 aliphatic carbocycles. The van der Waals surface area contributed by atoms with Crippen LogP contribution in [0, 0.1) is 0 Å². The van der Waals surface area contributed by atoms with Gasteiger partial charge in [-0.25, -0.2) is 0 Å². The Hall–Kier alpha value is -3.17. The normalized spacial score (nSPS) is 12.4. The minimum atomic E-state index is -0.0247. The van der Waals surface area contributed by atoms with Crippen molar-refractivity contribution in [2.24, 2.45) is 0 Å². The van der Waals surface area contributed by atoms with Gasteiger partial charge in [-0.05, 0) is 27.6 Å². The van der Waals surface area contributed by atoms with E-state index >= 15 is 0 Å². The van der Waals surface area contributed by atoms with Crippen LogP contribution in [0.3, 0.4) is 0 Å². The first-order chi connectivity index (χ1) is 13.6. The summed E-state index contributed by atoms with van der Waals surface area (Å²) >= 11 is 0. The second kappa shape index (κ2) is 7.83. The molecule has 0 unspecified atom stereocenters. The number of benzene rings is 4. The van der Waals surface area contributed by atoms with Gasteiger partial charge in [-0.2, -0.15) is 0 Å². The molecule has 0 saturated carbocycles. The predicted octanol–water partition coefficient (Wildman–Crippen LogP) is 3.61. The lowest BCUT2D eigenvalue weighted by molar-refractivity contribution is -0.890. The number of amides is 1. The molecule has 0 spiro atoms. The summed E-state index contributed by atoms with van der Waals surface area (Å²) in [4.78, 5) is 14.2. The van der Waals surface area contributed by atoms with E-state index in [2.05, 4.69) is 61.9 Å². The van der Waals surface area contributed by atoms with Gasteiger partial charge >= 0.3 is 0 Å². The van der Waals surface area contributed by atoms with E-state index in [1.54, 1.807) is 0 Å². The third-order valence-electron chi connectivity index (χ3n) is 5.40. The largest absolute Gasteiger partial charge is 0.346 e. The van der Waals surface area contributed by atoms with Gasteiger partial charge in [0.2, 0.25) is 0 Å². The van der Waals surface area contributed by atoms with Gasteiger partial charge in [0.15, 0.2) is 0 Å².